The summed E-state index contributed by atoms with van der Waals surface area (Å²) < 4.78 is 1.23. The number of benzene rings is 1. The smallest absolute Gasteiger partial charge is 0.275 e. The highest BCUT2D eigenvalue weighted by Gasteiger charge is 2.13. The summed E-state index contributed by atoms with van der Waals surface area (Å²) in [6.45, 7) is 6.19. The van der Waals surface area contributed by atoms with Crippen molar-refractivity contribution in [1.29, 1.82) is 0 Å². The molecular formula is C18H20N4O2S. The maximum absolute atomic E-state index is 12.5. The summed E-state index contributed by atoms with van der Waals surface area (Å²) in [5.41, 5.74) is 1.47. The van der Waals surface area contributed by atoms with E-state index in [9.17, 15) is 9.59 Å². The Bertz CT molecular complexity index is 977. The minimum atomic E-state index is -0.250. The van der Waals surface area contributed by atoms with Crippen LogP contribution < -0.4 is 10.9 Å². The first-order valence-corrected chi connectivity index (χ1v) is 8.99. The highest BCUT2D eigenvalue weighted by atomic mass is 32.1. The van der Waals surface area contributed by atoms with Crippen LogP contribution in [0.2, 0.25) is 0 Å². The molecule has 0 radical (unpaired) electrons. The number of amides is 1. The van der Waals surface area contributed by atoms with Crippen molar-refractivity contribution in [2.45, 2.75) is 33.2 Å². The van der Waals surface area contributed by atoms with E-state index in [2.05, 4.69) is 15.4 Å². The Kier molecular flexibility index (Phi) is 4.94. The van der Waals surface area contributed by atoms with Crippen LogP contribution in [0.1, 0.15) is 29.2 Å². The Morgan fingerprint density at radius 3 is 2.68 bits per heavy atom. The van der Waals surface area contributed by atoms with Crippen LogP contribution in [0.3, 0.4) is 0 Å². The summed E-state index contributed by atoms with van der Waals surface area (Å²) in [6, 6.07) is 7.30. The van der Waals surface area contributed by atoms with E-state index in [-0.39, 0.29) is 23.9 Å². The molecule has 0 saturated carbocycles. The lowest BCUT2D eigenvalue weighted by molar-refractivity contribution is -0.121. The molecule has 0 aliphatic carbocycles. The summed E-state index contributed by atoms with van der Waals surface area (Å²) in [5, 5.41) is 11.5. The molecule has 0 fully saturated rings. The number of carbonyl (C=O) groups excluding carboxylic acids is 1. The van der Waals surface area contributed by atoms with E-state index in [0.717, 1.165) is 21.8 Å². The molecule has 0 saturated heterocycles. The first-order chi connectivity index (χ1) is 12.0. The van der Waals surface area contributed by atoms with Gasteiger partial charge in [0.15, 0.2) is 0 Å². The number of rotatable bonds is 5. The van der Waals surface area contributed by atoms with Crippen LogP contribution in [0.5, 0.6) is 0 Å². The topological polar surface area (TPSA) is 76.9 Å². The molecule has 1 aromatic carbocycles. The maximum atomic E-state index is 12.5. The SMILES string of the molecule is Cc1csc([C@@H](C)CNC(=O)Cn2nc(C)c3ccccc3c2=O)n1. The summed E-state index contributed by atoms with van der Waals surface area (Å²) in [5.74, 6) is -0.102. The lowest BCUT2D eigenvalue weighted by atomic mass is 10.1. The second-order valence-corrected chi connectivity index (χ2v) is 7.02. The fourth-order valence-electron chi connectivity index (χ4n) is 2.66. The van der Waals surface area contributed by atoms with Crippen LogP contribution in [0, 0.1) is 13.8 Å². The molecule has 6 nitrogen and oxygen atoms in total. The van der Waals surface area contributed by atoms with Gasteiger partial charge in [-0.15, -0.1) is 11.3 Å². The van der Waals surface area contributed by atoms with Crippen molar-refractivity contribution in [3.63, 3.8) is 0 Å². The van der Waals surface area contributed by atoms with Gasteiger partial charge in [0, 0.05) is 28.9 Å². The molecule has 130 valence electrons. The number of thiazole rings is 1. The zero-order valence-corrected chi connectivity index (χ0v) is 15.3. The normalized spacial score (nSPS) is 12.3. The average molecular weight is 356 g/mol. The Morgan fingerprint density at radius 1 is 1.28 bits per heavy atom. The number of fused-ring (bicyclic) bond motifs is 1. The number of carbonyl (C=O) groups is 1. The molecule has 2 aromatic heterocycles. The van der Waals surface area contributed by atoms with Gasteiger partial charge >= 0.3 is 0 Å². The molecule has 3 aromatic rings. The number of aromatic nitrogens is 3. The molecule has 3 rings (SSSR count). The highest BCUT2D eigenvalue weighted by molar-refractivity contribution is 7.09. The molecule has 1 atom stereocenters. The fourth-order valence-corrected chi connectivity index (χ4v) is 3.51. The largest absolute Gasteiger partial charge is 0.354 e. The van der Waals surface area contributed by atoms with Gasteiger partial charge in [0.05, 0.1) is 16.1 Å². The molecule has 0 unspecified atom stereocenters. The molecule has 7 heteroatoms. The second kappa shape index (κ2) is 7.14. The standard InChI is InChI=1S/C18H20N4O2S/c1-11(17-20-12(2)10-25-17)8-19-16(23)9-22-18(24)15-7-5-4-6-14(15)13(3)21-22/h4-7,10-11H,8-9H2,1-3H3,(H,19,23)/t11-/m0/s1. The van der Waals surface area contributed by atoms with Crippen molar-refractivity contribution in [1.82, 2.24) is 20.1 Å². The van der Waals surface area contributed by atoms with Gasteiger partial charge in [0.1, 0.15) is 6.54 Å². The molecule has 1 amide bonds. The van der Waals surface area contributed by atoms with E-state index < -0.39 is 0 Å². The fraction of sp³-hybridized carbons (Fsp3) is 0.333. The summed E-state index contributed by atoms with van der Waals surface area (Å²) in [4.78, 5) is 29.1. The van der Waals surface area contributed by atoms with Gasteiger partial charge in [0.25, 0.3) is 5.56 Å². The summed E-state index contributed by atoms with van der Waals surface area (Å²) in [7, 11) is 0. The van der Waals surface area contributed by atoms with Gasteiger partial charge in [-0.3, -0.25) is 9.59 Å². The van der Waals surface area contributed by atoms with Gasteiger partial charge in [0.2, 0.25) is 5.91 Å². The summed E-state index contributed by atoms with van der Waals surface area (Å²) >= 11 is 1.59. The van der Waals surface area contributed by atoms with Crippen LogP contribution in [0.25, 0.3) is 10.8 Å². The quantitative estimate of drug-likeness (QED) is 0.761. The van der Waals surface area contributed by atoms with Crippen molar-refractivity contribution in [2.75, 3.05) is 6.54 Å². The van der Waals surface area contributed by atoms with Crippen LogP contribution in [0.4, 0.5) is 0 Å². The second-order valence-electron chi connectivity index (χ2n) is 6.13. The van der Waals surface area contributed by atoms with E-state index in [1.807, 2.05) is 44.4 Å². The van der Waals surface area contributed by atoms with Crippen LogP contribution in [-0.2, 0) is 11.3 Å². The van der Waals surface area contributed by atoms with E-state index in [1.165, 1.54) is 4.68 Å². The van der Waals surface area contributed by atoms with Crippen LogP contribution in [-0.4, -0.2) is 27.2 Å². The zero-order valence-electron chi connectivity index (χ0n) is 14.4. The predicted octanol–water partition coefficient (Wildman–Crippen LogP) is 2.39. The molecular weight excluding hydrogens is 336 g/mol. The Hall–Kier alpha value is -2.54. The first-order valence-electron chi connectivity index (χ1n) is 8.11. The van der Waals surface area contributed by atoms with Crippen molar-refractivity contribution in [3.05, 3.63) is 56.4 Å². The number of hydrogen-bond donors (Lipinski definition) is 1. The lowest BCUT2D eigenvalue weighted by Gasteiger charge is -2.12. The molecule has 0 aliphatic heterocycles. The Balaban J connectivity index is 1.70. The van der Waals surface area contributed by atoms with Crippen molar-refractivity contribution in [3.8, 4) is 0 Å². The average Bonchev–Trinajstić information content (AvgIpc) is 3.04. The lowest BCUT2D eigenvalue weighted by Crippen LogP contribution is -2.35. The first kappa shape index (κ1) is 17.3. The van der Waals surface area contributed by atoms with Gasteiger partial charge in [-0.1, -0.05) is 25.1 Å². The Labute approximate surface area is 149 Å². The number of aryl methyl sites for hydroxylation is 2. The molecule has 0 spiro atoms. The van der Waals surface area contributed by atoms with Gasteiger partial charge < -0.3 is 5.32 Å². The summed E-state index contributed by atoms with van der Waals surface area (Å²) in [6.07, 6.45) is 0. The van der Waals surface area contributed by atoms with E-state index in [1.54, 1.807) is 17.4 Å². The number of nitrogens with zero attached hydrogens (tertiary/aromatic N) is 3. The van der Waals surface area contributed by atoms with Crippen molar-refractivity contribution >= 4 is 28.0 Å². The zero-order chi connectivity index (χ0) is 18.0. The molecule has 0 aliphatic rings. The Morgan fingerprint density at radius 2 is 2.00 bits per heavy atom. The minimum Gasteiger partial charge on any atom is -0.354 e. The predicted molar refractivity (Wildman–Crippen MR) is 99.0 cm³/mol. The maximum Gasteiger partial charge on any atom is 0.275 e. The van der Waals surface area contributed by atoms with E-state index in [4.69, 9.17) is 0 Å². The number of nitrogens with one attached hydrogen (secondary N) is 1. The third-order valence-corrected chi connectivity index (χ3v) is 5.20. The highest BCUT2D eigenvalue weighted by Crippen LogP contribution is 2.18. The number of hydrogen-bond acceptors (Lipinski definition) is 5. The van der Waals surface area contributed by atoms with Crippen LogP contribution >= 0.6 is 11.3 Å². The third kappa shape index (κ3) is 3.76. The molecule has 0 bridgehead atoms. The van der Waals surface area contributed by atoms with Crippen molar-refractivity contribution in [2.24, 2.45) is 0 Å². The van der Waals surface area contributed by atoms with Crippen LogP contribution in [0.15, 0.2) is 34.4 Å². The van der Waals surface area contributed by atoms with Crippen molar-refractivity contribution < 1.29 is 4.79 Å². The van der Waals surface area contributed by atoms with Gasteiger partial charge in [-0.2, -0.15) is 5.10 Å². The van der Waals surface area contributed by atoms with Gasteiger partial charge in [-0.25, -0.2) is 9.67 Å². The van der Waals surface area contributed by atoms with E-state index in [0.29, 0.717) is 11.9 Å². The minimum absolute atomic E-state index is 0.0892. The van der Waals surface area contributed by atoms with E-state index >= 15 is 0 Å². The molecule has 1 N–H and O–H groups in total. The molecule has 25 heavy (non-hydrogen) atoms. The monoisotopic (exact) mass is 356 g/mol. The van der Waals surface area contributed by atoms with Gasteiger partial charge in [-0.05, 0) is 19.9 Å². The molecule has 2 heterocycles. The third-order valence-electron chi connectivity index (χ3n) is 4.01.